The second-order valence-corrected chi connectivity index (χ2v) is 4.96. The molecule has 0 spiro atoms. The van der Waals surface area contributed by atoms with Gasteiger partial charge in [-0.3, -0.25) is 0 Å². The van der Waals surface area contributed by atoms with Crippen LogP contribution in [0.4, 0.5) is 0 Å². The molecular formula is C15H33NO4. The van der Waals surface area contributed by atoms with Crippen molar-refractivity contribution in [2.24, 2.45) is 5.92 Å². The highest BCUT2D eigenvalue weighted by atomic mass is 16.5. The topological polar surface area (TPSA) is 49.0 Å². The van der Waals surface area contributed by atoms with Crippen LogP contribution >= 0.6 is 0 Å². The van der Waals surface area contributed by atoms with Gasteiger partial charge in [0, 0.05) is 26.9 Å². The summed E-state index contributed by atoms with van der Waals surface area (Å²) in [4.78, 5) is 0. The number of unbranched alkanes of at least 4 members (excludes halogenated alkanes) is 1. The van der Waals surface area contributed by atoms with Crippen molar-refractivity contribution in [3.05, 3.63) is 0 Å². The molecule has 1 unspecified atom stereocenters. The van der Waals surface area contributed by atoms with E-state index in [0.29, 0.717) is 32.3 Å². The number of hydrogen-bond acceptors (Lipinski definition) is 5. The molecule has 0 aromatic rings. The number of ether oxygens (including phenoxy) is 4. The minimum absolute atomic E-state index is 0.538. The largest absolute Gasteiger partial charge is 0.384 e. The molecule has 0 saturated heterocycles. The maximum atomic E-state index is 5.46. The Hall–Kier alpha value is -0.200. The van der Waals surface area contributed by atoms with Crippen LogP contribution in [-0.2, 0) is 18.9 Å². The van der Waals surface area contributed by atoms with E-state index in [4.69, 9.17) is 18.9 Å². The van der Waals surface area contributed by atoms with Gasteiger partial charge in [-0.05, 0) is 18.9 Å². The van der Waals surface area contributed by atoms with Crippen molar-refractivity contribution in [3.8, 4) is 0 Å². The Labute approximate surface area is 124 Å². The second kappa shape index (κ2) is 16.9. The van der Waals surface area contributed by atoms with Crippen LogP contribution in [-0.4, -0.2) is 66.4 Å². The zero-order valence-corrected chi connectivity index (χ0v) is 13.5. The zero-order chi connectivity index (χ0) is 14.9. The molecule has 0 saturated carbocycles. The van der Waals surface area contributed by atoms with Gasteiger partial charge in [0.2, 0.25) is 0 Å². The fourth-order valence-corrected chi connectivity index (χ4v) is 1.62. The van der Waals surface area contributed by atoms with Gasteiger partial charge >= 0.3 is 0 Å². The van der Waals surface area contributed by atoms with Gasteiger partial charge in [0.05, 0.1) is 33.0 Å². The number of hydrogen-bond donors (Lipinski definition) is 1. The molecular weight excluding hydrogens is 258 g/mol. The Morgan fingerprint density at radius 3 is 2.10 bits per heavy atom. The molecule has 0 aromatic carbocycles. The summed E-state index contributed by atoms with van der Waals surface area (Å²) in [6.07, 6.45) is 2.30. The number of rotatable bonds is 16. The van der Waals surface area contributed by atoms with E-state index < -0.39 is 0 Å². The van der Waals surface area contributed by atoms with Crippen LogP contribution < -0.4 is 5.32 Å². The molecule has 5 nitrogen and oxygen atoms in total. The Bertz CT molecular complexity index is 181. The van der Waals surface area contributed by atoms with Crippen molar-refractivity contribution >= 4 is 0 Å². The van der Waals surface area contributed by atoms with Gasteiger partial charge in [-0.1, -0.05) is 20.3 Å². The fourth-order valence-electron chi connectivity index (χ4n) is 1.62. The normalized spacial score (nSPS) is 12.8. The summed E-state index contributed by atoms with van der Waals surface area (Å²) in [6, 6.07) is 0. The SMILES string of the molecule is CCCCOCCOCCOCCNCC(C)COC. The predicted octanol–water partition coefficient (Wildman–Crippen LogP) is 1.71. The van der Waals surface area contributed by atoms with Gasteiger partial charge < -0.3 is 24.3 Å². The van der Waals surface area contributed by atoms with Crippen molar-refractivity contribution in [2.75, 3.05) is 66.4 Å². The second-order valence-electron chi connectivity index (χ2n) is 4.96. The smallest absolute Gasteiger partial charge is 0.0701 e. The van der Waals surface area contributed by atoms with Crippen LogP contribution in [0.1, 0.15) is 26.7 Å². The van der Waals surface area contributed by atoms with Crippen molar-refractivity contribution in [2.45, 2.75) is 26.7 Å². The van der Waals surface area contributed by atoms with Gasteiger partial charge in [0.15, 0.2) is 0 Å². The van der Waals surface area contributed by atoms with Gasteiger partial charge in [-0.2, -0.15) is 0 Å². The molecule has 0 aliphatic carbocycles. The lowest BCUT2D eigenvalue weighted by molar-refractivity contribution is 0.0145. The molecule has 5 heteroatoms. The minimum atomic E-state index is 0.538. The Morgan fingerprint density at radius 2 is 1.50 bits per heavy atom. The van der Waals surface area contributed by atoms with E-state index in [9.17, 15) is 0 Å². The first-order valence-electron chi connectivity index (χ1n) is 7.74. The average molecular weight is 291 g/mol. The molecule has 0 radical (unpaired) electrons. The molecule has 0 fully saturated rings. The quantitative estimate of drug-likeness (QED) is 0.439. The third-order valence-electron chi connectivity index (χ3n) is 2.75. The Morgan fingerprint density at radius 1 is 0.900 bits per heavy atom. The van der Waals surface area contributed by atoms with Crippen LogP contribution in [0.15, 0.2) is 0 Å². The van der Waals surface area contributed by atoms with Crippen molar-refractivity contribution in [3.63, 3.8) is 0 Å². The molecule has 1 N–H and O–H groups in total. The highest BCUT2D eigenvalue weighted by Gasteiger charge is 1.99. The lowest BCUT2D eigenvalue weighted by atomic mass is 10.2. The molecule has 0 bridgehead atoms. The van der Waals surface area contributed by atoms with Gasteiger partial charge in [-0.25, -0.2) is 0 Å². The standard InChI is InChI=1S/C15H33NO4/c1-4-5-7-18-9-11-20-12-10-19-8-6-16-13-15(2)14-17-3/h15-16H,4-14H2,1-3H3. The maximum Gasteiger partial charge on any atom is 0.0701 e. The lowest BCUT2D eigenvalue weighted by Crippen LogP contribution is -2.27. The number of nitrogens with one attached hydrogen (secondary N) is 1. The molecule has 122 valence electrons. The van der Waals surface area contributed by atoms with Gasteiger partial charge in [-0.15, -0.1) is 0 Å². The summed E-state index contributed by atoms with van der Waals surface area (Å²) in [5.41, 5.74) is 0. The first-order chi connectivity index (χ1) is 9.81. The monoisotopic (exact) mass is 291 g/mol. The van der Waals surface area contributed by atoms with Gasteiger partial charge in [0.1, 0.15) is 0 Å². The van der Waals surface area contributed by atoms with E-state index in [1.165, 1.54) is 6.42 Å². The lowest BCUT2D eigenvalue weighted by Gasteiger charge is -2.11. The van der Waals surface area contributed by atoms with Crippen molar-refractivity contribution in [1.82, 2.24) is 5.32 Å². The molecule has 0 heterocycles. The van der Waals surface area contributed by atoms with Crippen molar-refractivity contribution in [1.29, 1.82) is 0 Å². The maximum absolute atomic E-state index is 5.46. The van der Waals surface area contributed by atoms with E-state index in [2.05, 4.69) is 19.2 Å². The highest BCUT2D eigenvalue weighted by molar-refractivity contribution is 4.55. The summed E-state index contributed by atoms with van der Waals surface area (Å²) in [5, 5.41) is 3.33. The van der Waals surface area contributed by atoms with Crippen LogP contribution in [0.2, 0.25) is 0 Å². The molecule has 1 atom stereocenters. The summed E-state index contributed by atoms with van der Waals surface area (Å²) in [7, 11) is 1.73. The summed E-state index contributed by atoms with van der Waals surface area (Å²) in [6.45, 7) is 11.1. The first-order valence-corrected chi connectivity index (χ1v) is 7.74. The van der Waals surface area contributed by atoms with Crippen LogP contribution in [0, 0.1) is 5.92 Å². The van der Waals surface area contributed by atoms with Crippen LogP contribution in [0.3, 0.4) is 0 Å². The van der Waals surface area contributed by atoms with Crippen molar-refractivity contribution < 1.29 is 18.9 Å². The van der Waals surface area contributed by atoms with E-state index in [1.807, 2.05) is 0 Å². The third-order valence-corrected chi connectivity index (χ3v) is 2.75. The van der Waals surface area contributed by atoms with E-state index >= 15 is 0 Å². The van der Waals surface area contributed by atoms with Gasteiger partial charge in [0.25, 0.3) is 0 Å². The fraction of sp³-hybridized carbons (Fsp3) is 1.00. The molecule has 0 rings (SSSR count). The minimum Gasteiger partial charge on any atom is -0.384 e. The molecule has 0 aromatic heterocycles. The summed E-state index contributed by atoms with van der Waals surface area (Å²) < 4.78 is 21.3. The Kier molecular flexibility index (Phi) is 16.7. The average Bonchev–Trinajstić information content (AvgIpc) is 2.44. The predicted molar refractivity (Wildman–Crippen MR) is 81.3 cm³/mol. The molecule has 20 heavy (non-hydrogen) atoms. The highest BCUT2D eigenvalue weighted by Crippen LogP contribution is 1.91. The third kappa shape index (κ3) is 15.9. The Balaban J connectivity index is 2.99. The summed E-state index contributed by atoms with van der Waals surface area (Å²) >= 11 is 0. The first kappa shape index (κ1) is 19.8. The molecule has 0 aliphatic rings. The molecule has 0 amide bonds. The van der Waals surface area contributed by atoms with E-state index in [0.717, 1.165) is 39.3 Å². The van der Waals surface area contributed by atoms with E-state index in [1.54, 1.807) is 7.11 Å². The van der Waals surface area contributed by atoms with Crippen LogP contribution in [0.25, 0.3) is 0 Å². The van der Waals surface area contributed by atoms with Crippen LogP contribution in [0.5, 0.6) is 0 Å². The van der Waals surface area contributed by atoms with E-state index in [-0.39, 0.29) is 0 Å². The summed E-state index contributed by atoms with van der Waals surface area (Å²) in [5.74, 6) is 0.538. The number of methoxy groups -OCH3 is 1. The zero-order valence-electron chi connectivity index (χ0n) is 13.5. The molecule has 0 aliphatic heterocycles.